The first-order valence-corrected chi connectivity index (χ1v) is 8.03. The van der Waals surface area contributed by atoms with E-state index in [1.165, 1.54) is 16.9 Å². The summed E-state index contributed by atoms with van der Waals surface area (Å²) in [5.41, 5.74) is 4.64. The third-order valence-electron chi connectivity index (χ3n) is 3.68. The number of hydrogen-bond acceptors (Lipinski definition) is 4. The third-order valence-corrected chi connectivity index (χ3v) is 4.78. The van der Waals surface area contributed by atoms with Crippen LogP contribution in [0.2, 0.25) is 0 Å². The largest absolute Gasteiger partial charge is 0.296 e. The molecule has 0 fully saturated rings. The van der Waals surface area contributed by atoms with Gasteiger partial charge in [-0.05, 0) is 44.9 Å². The number of carbonyl (C=O) groups excluding carboxylic acids is 1. The number of rotatable bonds is 3. The minimum atomic E-state index is -0.218. The van der Waals surface area contributed by atoms with Crippen molar-refractivity contribution < 1.29 is 4.79 Å². The zero-order valence-corrected chi connectivity index (χ0v) is 13.9. The molecule has 114 valence electrons. The van der Waals surface area contributed by atoms with Crippen molar-refractivity contribution in [2.45, 2.75) is 34.2 Å². The Morgan fingerprint density at radius 3 is 2.64 bits per heavy atom. The lowest BCUT2D eigenvalue weighted by molar-refractivity contribution is 0.102. The number of anilines is 1. The topological polar surface area (TPSA) is 59.8 Å². The molecule has 3 rings (SSSR count). The Bertz CT molecular complexity index is 824. The highest BCUT2D eigenvalue weighted by Gasteiger charge is 2.15. The zero-order valence-electron chi connectivity index (χ0n) is 13.1. The van der Waals surface area contributed by atoms with Crippen LogP contribution in [-0.2, 0) is 6.54 Å². The van der Waals surface area contributed by atoms with E-state index in [1.807, 2.05) is 25.5 Å². The van der Waals surface area contributed by atoms with Crippen molar-refractivity contribution >= 4 is 32.6 Å². The lowest BCUT2D eigenvalue weighted by atomic mass is 10.1. The molecule has 0 unspecified atom stereocenters. The first kappa shape index (κ1) is 14.7. The van der Waals surface area contributed by atoms with Crippen molar-refractivity contribution in [3.63, 3.8) is 0 Å². The van der Waals surface area contributed by atoms with Crippen molar-refractivity contribution in [1.82, 2.24) is 14.8 Å². The number of nitrogens with one attached hydrogen (secondary N) is 1. The van der Waals surface area contributed by atoms with Crippen molar-refractivity contribution in [2.75, 3.05) is 5.32 Å². The molecule has 1 amide bonds. The van der Waals surface area contributed by atoms with Gasteiger partial charge in [0.1, 0.15) is 0 Å². The molecule has 0 saturated carbocycles. The van der Waals surface area contributed by atoms with Crippen LogP contribution in [0, 0.1) is 20.8 Å². The SMILES string of the molecule is CCn1nc(C(=O)Nc2nc3c(C)ccc(C)c3s2)cc1C. The van der Waals surface area contributed by atoms with Gasteiger partial charge in [0, 0.05) is 12.2 Å². The Morgan fingerprint density at radius 1 is 1.27 bits per heavy atom. The molecule has 1 aromatic carbocycles. The highest BCUT2D eigenvalue weighted by molar-refractivity contribution is 7.22. The molecular formula is C16H18N4OS. The number of hydrogen-bond donors (Lipinski definition) is 1. The second-order valence-electron chi connectivity index (χ2n) is 5.34. The molecule has 0 atom stereocenters. The van der Waals surface area contributed by atoms with E-state index in [1.54, 1.807) is 6.07 Å². The van der Waals surface area contributed by atoms with Gasteiger partial charge in [-0.1, -0.05) is 23.5 Å². The van der Waals surface area contributed by atoms with Crippen LogP contribution in [0.4, 0.5) is 5.13 Å². The molecule has 0 aliphatic carbocycles. The number of carbonyl (C=O) groups is 1. The number of amides is 1. The lowest BCUT2D eigenvalue weighted by Gasteiger charge is -1.98. The summed E-state index contributed by atoms with van der Waals surface area (Å²) in [4.78, 5) is 16.9. The fraction of sp³-hybridized carbons (Fsp3) is 0.312. The van der Waals surface area contributed by atoms with Gasteiger partial charge in [0.2, 0.25) is 0 Å². The van der Waals surface area contributed by atoms with Crippen molar-refractivity contribution in [1.29, 1.82) is 0 Å². The maximum Gasteiger partial charge on any atom is 0.277 e. The van der Waals surface area contributed by atoms with Gasteiger partial charge in [-0.15, -0.1) is 0 Å². The molecule has 2 heterocycles. The monoisotopic (exact) mass is 314 g/mol. The van der Waals surface area contributed by atoms with Crippen LogP contribution in [0.3, 0.4) is 0 Å². The second kappa shape index (κ2) is 5.53. The van der Waals surface area contributed by atoms with E-state index in [0.29, 0.717) is 10.8 Å². The van der Waals surface area contributed by atoms with E-state index in [0.717, 1.165) is 28.0 Å². The molecule has 0 aliphatic heterocycles. The quantitative estimate of drug-likeness (QED) is 0.802. The summed E-state index contributed by atoms with van der Waals surface area (Å²) >= 11 is 1.50. The minimum Gasteiger partial charge on any atom is -0.296 e. The highest BCUT2D eigenvalue weighted by atomic mass is 32.1. The Morgan fingerprint density at radius 2 is 2.00 bits per heavy atom. The molecular weight excluding hydrogens is 296 g/mol. The first-order valence-electron chi connectivity index (χ1n) is 7.22. The van der Waals surface area contributed by atoms with Gasteiger partial charge < -0.3 is 0 Å². The summed E-state index contributed by atoms with van der Waals surface area (Å²) in [7, 11) is 0. The molecule has 6 heteroatoms. The molecule has 0 saturated heterocycles. The smallest absolute Gasteiger partial charge is 0.277 e. The van der Waals surface area contributed by atoms with Gasteiger partial charge in [-0.3, -0.25) is 14.8 Å². The summed E-state index contributed by atoms with van der Waals surface area (Å²) in [6, 6.07) is 5.92. The van der Waals surface area contributed by atoms with Crippen molar-refractivity contribution in [3.8, 4) is 0 Å². The Hall–Kier alpha value is -2.21. The normalized spacial score (nSPS) is 11.1. The van der Waals surface area contributed by atoms with Crippen LogP contribution in [0.5, 0.6) is 0 Å². The molecule has 0 bridgehead atoms. The fourth-order valence-electron chi connectivity index (χ4n) is 2.42. The predicted octanol–water partition coefficient (Wildman–Crippen LogP) is 3.69. The van der Waals surface area contributed by atoms with Gasteiger partial charge in [-0.25, -0.2) is 4.98 Å². The summed E-state index contributed by atoms with van der Waals surface area (Å²) in [6.07, 6.45) is 0. The van der Waals surface area contributed by atoms with E-state index in [2.05, 4.69) is 34.5 Å². The standard InChI is InChI=1S/C16H18N4OS/c1-5-20-11(4)8-12(19-20)15(21)18-16-17-13-9(2)6-7-10(3)14(13)22-16/h6-8H,5H2,1-4H3,(H,17,18,21). The van der Waals surface area contributed by atoms with Gasteiger partial charge >= 0.3 is 0 Å². The molecule has 2 aromatic heterocycles. The van der Waals surface area contributed by atoms with Gasteiger partial charge in [-0.2, -0.15) is 5.10 Å². The molecule has 1 N–H and O–H groups in total. The van der Waals surface area contributed by atoms with Crippen LogP contribution in [-0.4, -0.2) is 20.7 Å². The van der Waals surface area contributed by atoms with Gasteiger partial charge in [0.05, 0.1) is 10.2 Å². The van der Waals surface area contributed by atoms with Crippen LogP contribution in [0.25, 0.3) is 10.2 Å². The number of aromatic nitrogens is 3. The number of nitrogens with zero attached hydrogens (tertiary/aromatic N) is 3. The predicted molar refractivity (Wildman–Crippen MR) is 89.7 cm³/mol. The number of thiazole rings is 1. The van der Waals surface area contributed by atoms with Gasteiger partial charge in [0.25, 0.3) is 5.91 Å². The van der Waals surface area contributed by atoms with E-state index in [4.69, 9.17) is 0 Å². The molecule has 3 aromatic rings. The first-order chi connectivity index (χ1) is 10.5. The average molecular weight is 314 g/mol. The Balaban J connectivity index is 1.90. The Labute approximate surface area is 133 Å². The van der Waals surface area contributed by atoms with E-state index in [9.17, 15) is 4.79 Å². The average Bonchev–Trinajstić information content (AvgIpc) is 3.07. The van der Waals surface area contributed by atoms with Gasteiger partial charge in [0.15, 0.2) is 10.8 Å². The molecule has 0 spiro atoms. The maximum absolute atomic E-state index is 12.3. The molecule has 22 heavy (non-hydrogen) atoms. The van der Waals surface area contributed by atoms with Crippen LogP contribution >= 0.6 is 11.3 Å². The van der Waals surface area contributed by atoms with E-state index in [-0.39, 0.29) is 5.91 Å². The number of fused-ring (bicyclic) bond motifs is 1. The summed E-state index contributed by atoms with van der Waals surface area (Å²) in [6.45, 7) is 8.77. The van der Waals surface area contributed by atoms with Crippen molar-refractivity contribution in [3.05, 3.63) is 40.7 Å². The van der Waals surface area contributed by atoms with Crippen molar-refractivity contribution in [2.24, 2.45) is 0 Å². The summed E-state index contributed by atoms with van der Waals surface area (Å²) < 4.78 is 2.92. The summed E-state index contributed by atoms with van der Waals surface area (Å²) in [5.74, 6) is -0.218. The number of benzene rings is 1. The van der Waals surface area contributed by atoms with E-state index >= 15 is 0 Å². The van der Waals surface area contributed by atoms with Crippen LogP contribution in [0.15, 0.2) is 18.2 Å². The third kappa shape index (κ3) is 2.50. The number of aryl methyl sites for hydroxylation is 4. The van der Waals surface area contributed by atoms with E-state index < -0.39 is 0 Å². The lowest BCUT2D eigenvalue weighted by Crippen LogP contribution is -2.13. The minimum absolute atomic E-state index is 0.218. The fourth-order valence-corrected chi connectivity index (χ4v) is 3.42. The zero-order chi connectivity index (χ0) is 15.9. The Kier molecular flexibility index (Phi) is 3.70. The second-order valence-corrected chi connectivity index (χ2v) is 6.34. The highest BCUT2D eigenvalue weighted by Crippen LogP contribution is 2.31. The summed E-state index contributed by atoms with van der Waals surface area (Å²) in [5, 5.41) is 7.77. The molecule has 5 nitrogen and oxygen atoms in total. The van der Waals surface area contributed by atoms with Crippen LogP contribution < -0.4 is 5.32 Å². The molecule has 0 radical (unpaired) electrons. The maximum atomic E-state index is 12.3. The molecule has 0 aliphatic rings. The van der Waals surface area contributed by atoms with Crippen LogP contribution in [0.1, 0.15) is 34.2 Å².